The molecule has 4 heteroatoms. The van der Waals surface area contributed by atoms with E-state index in [1.807, 2.05) is 12.1 Å². The van der Waals surface area contributed by atoms with E-state index in [9.17, 15) is 4.79 Å². The summed E-state index contributed by atoms with van der Waals surface area (Å²) in [6.45, 7) is 4.06. The third kappa shape index (κ3) is 5.24. The van der Waals surface area contributed by atoms with Crippen LogP contribution in [0.2, 0.25) is 0 Å². The molecule has 1 unspecified atom stereocenters. The van der Waals surface area contributed by atoms with Crippen LogP contribution in [0, 0.1) is 11.8 Å². The molecule has 2 aromatic rings. The van der Waals surface area contributed by atoms with Crippen LogP contribution in [0.25, 0.3) is 0 Å². The highest BCUT2D eigenvalue weighted by atomic mass is 16.4. The third-order valence-electron chi connectivity index (χ3n) is 7.23. The Balaban J connectivity index is 1.02. The Labute approximate surface area is 185 Å². The van der Waals surface area contributed by atoms with Gasteiger partial charge in [0.1, 0.15) is 0 Å². The lowest BCUT2D eigenvalue weighted by Gasteiger charge is -2.31. The average Bonchev–Trinajstić information content (AvgIpc) is 3.70. The molecule has 5 rings (SSSR count). The molecule has 0 bridgehead atoms. The maximum absolute atomic E-state index is 11.0. The normalized spacial score (nSPS) is 24.5. The van der Waals surface area contributed by atoms with Crippen LogP contribution >= 0.6 is 0 Å². The van der Waals surface area contributed by atoms with Crippen molar-refractivity contribution in [2.75, 3.05) is 19.6 Å². The van der Waals surface area contributed by atoms with Gasteiger partial charge in [-0.3, -0.25) is 9.89 Å². The molecule has 0 amide bonds. The first-order valence-corrected chi connectivity index (χ1v) is 11.8. The molecular formula is C27H32N2O2. The monoisotopic (exact) mass is 416 g/mol. The average molecular weight is 417 g/mol. The van der Waals surface area contributed by atoms with Crippen LogP contribution in [-0.2, 0) is 6.54 Å². The Kier molecular flexibility index (Phi) is 5.91. The first kappa shape index (κ1) is 20.4. The quantitative estimate of drug-likeness (QED) is 0.590. The fraction of sp³-hybridized carbons (Fsp3) is 0.481. The molecule has 1 saturated heterocycles. The first-order chi connectivity index (χ1) is 15.2. The van der Waals surface area contributed by atoms with Gasteiger partial charge < -0.3 is 5.11 Å². The van der Waals surface area contributed by atoms with Crippen LogP contribution in [0.4, 0.5) is 0 Å². The van der Waals surface area contributed by atoms with Crippen LogP contribution in [0.15, 0.2) is 53.5 Å². The van der Waals surface area contributed by atoms with Crippen molar-refractivity contribution in [1.82, 2.24) is 4.90 Å². The van der Waals surface area contributed by atoms with Crippen molar-refractivity contribution in [1.29, 1.82) is 0 Å². The molecule has 1 heterocycles. The van der Waals surface area contributed by atoms with Crippen molar-refractivity contribution in [3.63, 3.8) is 0 Å². The summed E-state index contributed by atoms with van der Waals surface area (Å²) in [5, 5.41) is 9.02. The second kappa shape index (κ2) is 8.96. The zero-order valence-electron chi connectivity index (χ0n) is 18.1. The number of hydrogen-bond donors (Lipinski definition) is 1. The molecule has 2 saturated carbocycles. The van der Waals surface area contributed by atoms with Crippen molar-refractivity contribution in [3.05, 3.63) is 70.8 Å². The fourth-order valence-corrected chi connectivity index (χ4v) is 4.88. The predicted octanol–water partition coefficient (Wildman–Crippen LogP) is 5.35. The van der Waals surface area contributed by atoms with E-state index >= 15 is 0 Å². The van der Waals surface area contributed by atoms with Gasteiger partial charge in [-0.25, -0.2) is 4.79 Å². The number of carboxylic acid groups (broad SMARTS) is 1. The number of nitrogens with zero attached hydrogens (tertiary/aromatic N) is 2. The SMILES string of the molecule is O=C(O)c1ccc(CN2CCC(CN=CC3C[C@@H]3c3ccc(C4CC4)cc3)CC2)cc1. The van der Waals surface area contributed by atoms with Crippen LogP contribution < -0.4 is 0 Å². The summed E-state index contributed by atoms with van der Waals surface area (Å²) in [6, 6.07) is 16.6. The summed E-state index contributed by atoms with van der Waals surface area (Å²) in [5.41, 5.74) is 4.56. The molecule has 2 aliphatic carbocycles. The van der Waals surface area contributed by atoms with E-state index in [0.29, 0.717) is 23.3 Å². The van der Waals surface area contributed by atoms with Gasteiger partial charge in [0.25, 0.3) is 0 Å². The van der Waals surface area contributed by atoms with E-state index in [-0.39, 0.29) is 0 Å². The highest BCUT2D eigenvalue weighted by molar-refractivity contribution is 5.87. The minimum Gasteiger partial charge on any atom is -0.478 e. The summed E-state index contributed by atoms with van der Waals surface area (Å²) < 4.78 is 0. The molecule has 1 aliphatic heterocycles. The van der Waals surface area contributed by atoms with Gasteiger partial charge in [0.15, 0.2) is 0 Å². The van der Waals surface area contributed by atoms with Gasteiger partial charge in [0, 0.05) is 25.2 Å². The molecule has 3 fully saturated rings. The second-order valence-corrected chi connectivity index (χ2v) is 9.68. The van der Waals surface area contributed by atoms with Crippen molar-refractivity contribution < 1.29 is 9.90 Å². The van der Waals surface area contributed by atoms with Gasteiger partial charge in [-0.15, -0.1) is 0 Å². The van der Waals surface area contributed by atoms with Crippen molar-refractivity contribution in [3.8, 4) is 0 Å². The van der Waals surface area contributed by atoms with E-state index in [0.717, 1.165) is 32.1 Å². The van der Waals surface area contributed by atoms with Crippen LogP contribution in [0.3, 0.4) is 0 Å². The zero-order chi connectivity index (χ0) is 21.2. The summed E-state index contributed by atoms with van der Waals surface area (Å²) in [6.07, 6.45) is 8.62. The number of carbonyl (C=O) groups is 1. The van der Waals surface area contributed by atoms with Crippen LogP contribution in [-0.4, -0.2) is 41.8 Å². The third-order valence-corrected chi connectivity index (χ3v) is 7.23. The topological polar surface area (TPSA) is 52.9 Å². The Morgan fingerprint density at radius 2 is 1.65 bits per heavy atom. The van der Waals surface area contributed by atoms with Crippen LogP contribution in [0.5, 0.6) is 0 Å². The lowest BCUT2D eigenvalue weighted by Crippen LogP contribution is -2.34. The highest BCUT2D eigenvalue weighted by Gasteiger charge is 2.37. The summed E-state index contributed by atoms with van der Waals surface area (Å²) in [5.74, 6) is 2.00. The molecule has 0 spiro atoms. The zero-order valence-corrected chi connectivity index (χ0v) is 18.1. The minimum absolute atomic E-state index is 0.355. The molecule has 0 radical (unpaired) electrons. The van der Waals surface area contributed by atoms with E-state index in [2.05, 4.69) is 35.4 Å². The largest absolute Gasteiger partial charge is 0.478 e. The van der Waals surface area contributed by atoms with Gasteiger partial charge in [0.05, 0.1) is 5.56 Å². The van der Waals surface area contributed by atoms with E-state index in [1.54, 1.807) is 12.1 Å². The van der Waals surface area contributed by atoms with E-state index < -0.39 is 5.97 Å². The molecule has 1 N–H and O–H groups in total. The summed E-state index contributed by atoms with van der Waals surface area (Å²) in [7, 11) is 0. The molecule has 4 nitrogen and oxygen atoms in total. The number of hydrogen-bond acceptors (Lipinski definition) is 3. The fourth-order valence-electron chi connectivity index (χ4n) is 4.88. The summed E-state index contributed by atoms with van der Waals surface area (Å²) >= 11 is 0. The van der Waals surface area contributed by atoms with Gasteiger partial charge in [-0.05, 0) is 91.8 Å². The molecule has 162 valence electrons. The molecule has 2 aromatic carbocycles. The molecule has 31 heavy (non-hydrogen) atoms. The molecule has 2 atom stereocenters. The smallest absolute Gasteiger partial charge is 0.335 e. The predicted molar refractivity (Wildman–Crippen MR) is 124 cm³/mol. The summed E-state index contributed by atoms with van der Waals surface area (Å²) in [4.78, 5) is 18.3. The number of piperidine rings is 1. The van der Waals surface area contributed by atoms with Crippen molar-refractivity contribution >= 4 is 12.2 Å². The number of likely N-dealkylation sites (tertiary alicyclic amines) is 1. The Bertz CT molecular complexity index is 923. The molecular weight excluding hydrogens is 384 g/mol. The maximum Gasteiger partial charge on any atom is 0.335 e. The highest BCUT2D eigenvalue weighted by Crippen LogP contribution is 2.47. The maximum atomic E-state index is 11.0. The molecule has 0 aromatic heterocycles. The standard InChI is InChI=1S/C27H32N2O2/c30-27(31)24-3-1-20(2-4-24)18-29-13-11-19(12-14-29)16-28-17-25-15-26(25)23-9-7-22(8-10-23)21-5-6-21/h1-4,7-10,17,19,21,25-26H,5-6,11-16,18H2,(H,30,31)/t25?,26-/m1/s1. The van der Waals surface area contributed by atoms with Gasteiger partial charge in [0.2, 0.25) is 0 Å². The Morgan fingerprint density at radius 1 is 0.968 bits per heavy atom. The number of aliphatic imine (C=N–C) groups is 1. The first-order valence-electron chi connectivity index (χ1n) is 11.8. The van der Waals surface area contributed by atoms with Crippen molar-refractivity contribution in [2.45, 2.75) is 50.5 Å². The van der Waals surface area contributed by atoms with Gasteiger partial charge >= 0.3 is 5.97 Å². The van der Waals surface area contributed by atoms with E-state index in [4.69, 9.17) is 10.1 Å². The van der Waals surface area contributed by atoms with Crippen molar-refractivity contribution in [2.24, 2.45) is 16.8 Å². The lowest BCUT2D eigenvalue weighted by molar-refractivity contribution is 0.0697. The Morgan fingerprint density at radius 3 is 2.29 bits per heavy atom. The van der Waals surface area contributed by atoms with Crippen LogP contribution in [0.1, 0.15) is 71.0 Å². The lowest BCUT2D eigenvalue weighted by atomic mass is 9.96. The number of aromatic carboxylic acids is 1. The Hall–Kier alpha value is -2.46. The van der Waals surface area contributed by atoms with E-state index in [1.165, 1.54) is 48.8 Å². The van der Waals surface area contributed by atoms with Gasteiger partial charge in [-0.1, -0.05) is 36.4 Å². The molecule has 3 aliphatic rings. The second-order valence-electron chi connectivity index (χ2n) is 9.68. The number of benzene rings is 2. The van der Waals surface area contributed by atoms with Gasteiger partial charge in [-0.2, -0.15) is 0 Å². The number of carboxylic acids is 1. The minimum atomic E-state index is -0.864. The number of rotatable bonds is 8.